The van der Waals surface area contributed by atoms with Crippen LogP contribution in [0.25, 0.3) is 0 Å². The Morgan fingerprint density at radius 2 is 2.00 bits per heavy atom. The molecule has 0 aromatic carbocycles. The smallest absolute Gasteiger partial charge is 0.192 e. The molecule has 0 unspecified atom stereocenters. The van der Waals surface area contributed by atoms with Crippen molar-refractivity contribution in [2.45, 2.75) is 31.5 Å². The first-order valence-corrected chi connectivity index (χ1v) is 4.04. The summed E-state index contributed by atoms with van der Waals surface area (Å²) in [6, 6.07) is 0. The highest BCUT2D eigenvalue weighted by molar-refractivity contribution is 5.88. The summed E-state index contributed by atoms with van der Waals surface area (Å²) in [7, 11) is 2.83. The van der Waals surface area contributed by atoms with Gasteiger partial charge >= 0.3 is 0 Å². The highest BCUT2D eigenvalue weighted by Crippen LogP contribution is 2.19. The van der Waals surface area contributed by atoms with Crippen LogP contribution in [0.4, 0.5) is 0 Å². The average Bonchev–Trinajstić information content (AvgIpc) is 2.13. The lowest BCUT2D eigenvalue weighted by Crippen LogP contribution is -2.55. The van der Waals surface area contributed by atoms with Crippen LogP contribution in [0.15, 0.2) is 0 Å². The summed E-state index contributed by atoms with van der Waals surface area (Å²) >= 11 is 0. The van der Waals surface area contributed by atoms with E-state index in [2.05, 4.69) is 0 Å². The summed E-state index contributed by atoms with van der Waals surface area (Å²) < 4.78 is 15.0. The summed E-state index contributed by atoms with van der Waals surface area (Å²) in [6.45, 7) is 1.57. The Hall–Kier alpha value is -0.490. The second-order valence-electron chi connectivity index (χ2n) is 2.93. The molecule has 1 heterocycles. The van der Waals surface area contributed by atoms with Crippen molar-refractivity contribution in [1.82, 2.24) is 0 Å². The molecule has 5 nitrogen and oxygen atoms in total. The van der Waals surface area contributed by atoms with Crippen molar-refractivity contribution >= 4 is 5.78 Å². The molecule has 5 heteroatoms. The third kappa shape index (κ3) is 1.88. The molecule has 1 N–H and O–H groups in total. The van der Waals surface area contributed by atoms with Gasteiger partial charge < -0.3 is 19.3 Å². The number of rotatable bonds is 2. The van der Waals surface area contributed by atoms with Crippen LogP contribution in [0.1, 0.15) is 6.92 Å². The zero-order valence-corrected chi connectivity index (χ0v) is 7.89. The summed E-state index contributed by atoms with van der Waals surface area (Å²) in [5.41, 5.74) is 0. The Kier molecular flexibility index (Phi) is 3.38. The van der Waals surface area contributed by atoms with E-state index in [1.165, 1.54) is 14.2 Å². The van der Waals surface area contributed by atoms with E-state index in [1.807, 2.05) is 0 Å². The van der Waals surface area contributed by atoms with Gasteiger partial charge in [0, 0.05) is 14.2 Å². The second-order valence-corrected chi connectivity index (χ2v) is 2.93. The number of carbonyl (C=O) groups is 1. The van der Waals surface area contributed by atoms with Gasteiger partial charge in [-0.1, -0.05) is 0 Å². The fraction of sp³-hybridized carbons (Fsp3) is 0.875. The van der Waals surface area contributed by atoms with Crippen molar-refractivity contribution < 1.29 is 24.1 Å². The average molecular weight is 190 g/mol. The maximum atomic E-state index is 11.2. The molecule has 1 saturated heterocycles. The van der Waals surface area contributed by atoms with Crippen molar-refractivity contribution in [2.24, 2.45) is 0 Å². The SMILES string of the molecule is CO[C@H]1O[C@H](C)C(=O)[C@H](O)[C@H]1OC. The minimum Gasteiger partial charge on any atom is -0.382 e. The van der Waals surface area contributed by atoms with Gasteiger partial charge in [0.2, 0.25) is 0 Å². The Balaban J connectivity index is 2.74. The minimum absolute atomic E-state index is 0.375. The first-order valence-electron chi connectivity index (χ1n) is 4.04. The minimum atomic E-state index is -1.17. The lowest BCUT2D eigenvalue weighted by molar-refractivity contribution is -0.248. The third-order valence-corrected chi connectivity index (χ3v) is 2.11. The van der Waals surface area contributed by atoms with Gasteiger partial charge in [0.25, 0.3) is 0 Å². The van der Waals surface area contributed by atoms with Crippen LogP contribution < -0.4 is 0 Å². The standard InChI is InChI=1S/C8H14O5/c1-4-5(9)6(10)7(11-2)8(12-3)13-4/h4,6-8,10H,1-3H3/t4-,6+,7-,8+/m1/s1. The van der Waals surface area contributed by atoms with Crippen molar-refractivity contribution in [1.29, 1.82) is 0 Å². The van der Waals surface area contributed by atoms with Gasteiger partial charge in [-0.15, -0.1) is 0 Å². The Morgan fingerprint density at radius 1 is 1.38 bits per heavy atom. The number of Topliss-reactive ketones (excluding diaryl/α,β-unsaturated/α-hetero) is 1. The summed E-state index contributed by atoms with van der Waals surface area (Å²) in [5.74, 6) is -0.375. The van der Waals surface area contributed by atoms with Crippen LogP contribution in [0, 0.1) is 0 Å². The van der Waals surface area contributed by atoms with E-state index in [-0.39, 0.29) is 5.78 Å². The maximum absolute atomic E-state index is 11.2. The molecular weight excluding hydrogens is 176 g/mol. The molecule has 0 aromatic heterocycles. The summed E-state index contributed by atoms with van der Waals surface area (Å²) in [4.78, 5) is 11.2. The van der Waals surface area contributed by atoms with Crippen molar-refractivity contribution in [2.75, 3.05) is 14.2 Å². The molecule has 0 radical (unpaired) electrons. The fourth-order valence-corrected chi connectivity index (χ4v) is 1.33. The van der Waals surface area contributed by atoms with Crippen molar-refractivity contribution in [3.63, 3.8) is 0 Å². The van der Waals surface area contributed by atoms with E-state index < -0.39 is 24.6 Å². The van der Waals surface area contributed by atoms with Crippen LogP contribution in [0.2, 0.25) is 0 Å². The first kappa shape index (κ1) is 10.6. The molecule has 1 rings (SSSR count). The monoisotopic (exact) mass is 190 g/mol. The van der Waals surface area contributed by atoms with E-state index >= 15 is 0 Å². The van der Waals surface area contributed by atoms with Crippen LogP contribution in [0.3, 0.4) is 0 Å². The highest BCUT2D eigenvalue weighted by atomic mass is 16.7. The lowest BCUT2D eigenvalue weighted by Gasteiger charge is -2.35. The van der Waals surface area contributed by atoms with E-state index in [0.717, 1.165) is 0 Å². The highest BCUT2D eigenvalue weighted by Gasteiger charge is 2.42. The van der Waals surface area contributed by atoms with Crippen LogP contribution in [0.5, 0.6) is 0 Å². The van der Waals surface area contributed by atoms with Gasteiger partial charge in [0.15, 0.2) is 12.1 Å². The first-order chi connectivity index (χ1) is 6.11. The van der Waals surface area contributed by atoms with E-state index in [4.69, 9.17) is 14.2 Å². The molecule has 0 amide bonds. The van der Waals surface area contributed by atoms with Gasteiger partial charge in [-0.25, -0.2) is 0 Å². The number of aliphatic hydroxyl groups is 1. The van der Waals surface area contributed by atoms with Gasteiger partial charge in [0.1, 0.15) is 18.3 Å². The molecule has 1 aliphatic heterocycles. The number of ketones is 1. The lowest BCUT2D eigenvalue weighted by atomic mass is 10.0. The van der Waals surface area contributed by atoms with E-state index in [0.29, 0.717) is 0 Å². The zero-order valence-electron chi connectivity index (χ0n) is 7.89. The number of aliphatic hydroxyl groups excluding tert-OH is 1. The van der Waals surface area contributed by atoms with E-state index in [9.17, 15) is 9.90 Å². The molecule has 0 aliphatic carbocycles. The molecule has 0 saturated carbocycles. The molecular formula is C8H14O5. The number of hydrogen-bond donors (Lipinski definition) is 1. The number of carbonyl (C=O) groups excluding carboxylic acids is 1. The topological polar surface area (TPSA) is 65.0 Å². The van der Waals surface area contributed by atoms with Crippen molar-refractivity contribution in [3.8, 4) is 0 Å². The summed E-state index contributed by atoms with van der Waals surface area (Å²) in [5, 5.41) is 9.47. The van der Waals surface area contributed by atoms with Gasteiger partial charge in [0.05, 0.1) is 0 Å². The van der Waals surface area contributed by atoms with Crippen molar-refractivity contribution in [3.05, 3.63) is 0 Å². The van der Waals surface area contributed by atoms with Gasteiger partial charge in [-0.3, -0.25) is 4.79 Å². The third-order valence-electron chi connectivity index (χ3n) is 2.11. The molecule has 76 valence electrons. The molecule has 13 heavy (non-hydrogen) atoms. The van der Waals surface area contributed by atoms with Gasteiger partial charge in [-0.05, 0) is 6.92 Å². The summed E-state index contributed by atoms with van der Waals surface area (Å²) in [6.07, 6.45) is -3.24. The molecule has 4 atom stereocenters. The van der Waals surface area contributed by atoms with Crippen LogP contribution in [-0.4, -0.2) is 49.7 Å². The maximum Gasteiger partial charge on any atom is 0.192 e. The number of methoxy groups -OCH3 is 2. The van der Waals surface area contributed by atoms with E-state index in [1.54, 1.807) is 6.92 Å². The molecule has 0 spiro atoms. The number of hydrogen-bond acceptors (Lipinski definition) is 5. The quantitative estimate of drug-likeness (QED) is 0.625. The Bertz CT molecular complexity index is 193. The zero-order chi connectivity index (χ0) is 10.0. The normalized spacial score (nSPS) is 40.8. The largest absolute Gasteiger partial charge is 0.382 e. The predicted molar refractivity (Wildman–Crippen MR) is 43.2 cm³/mol. The Morgan fingerprint density at radius 3 is 2.46 bits per heavy atom. The predicted octanol–water partition coefficient (Wildman–Crippen LogP) is -0.677. The Labute approximate surface area is 76.6 Å². The molecule has 1 aliphatic rings. The molecule has 1 fully saturated rings. The second kappa shape index (κ2) is 4.15. The fourth-order valence-electron chi connectivity index (χ4n) is 1.33. The van der Waals surface area contributed by atoms with Crippen LogP contribution >= 0.6 is 0 Å². The van der Waals surface area contributed by atoms with Gasteiger partial charge in [-0.2, -0.15) is 0 Å². The molecule has 0 aromatic rings. The van der Waals surface area contributed by atoms with Crippen LogP contribution in [-0.2, 0) is 19.0 Å². The molecule has 0 bridgehead atoms. The number of ether oxygens (including phenoxy) is 3.